The molecule has 3 rings (SSSR count). The van der Waals surface area contributed by atoms with Gasteiger partial charge in [0.25, 0.3) is 5.91 Å². The molecule has 4 N–H and O–H groups in total. The van der Waals surface area contributed by atoms with E-state index >= 15 is 0 Å². The number of benzene rings is 2. The monoisotopic (exact) mass is 450 g/mol. The molecule has 0 atom stereocenters. The number of hydrogen-bond donors (Lipinski definition) is 3. The molecule has 1 aliphatic heterocycles. The highest BCUT2D eigenvalue weighted by Gasteiger charge is 2.25. The van der Waals surface area contributed by atoms with E-state index in [9.17, 15) is 14.4 Å². The molecule has 2 aromatic rings. The maximum Gasteiger partial charge on any atom is 0.337 e. The average molecular weight is 451 g/mol. The topological polar surface area (TPSA) is 114 Å². The molecule has 0 aromatic heterocycles. The van der Waals surface area contributed by atoms with Gasteiger partial charge in [0.05, 0.1) is 12.7 Å². The quantitative estimate of drug-likeness (QED) is 0.420. The average Bonchev–Trinajstić information content (AvgIpc) is 3.07. The van der Waals surface area contributed by atoms with Crippen LogP contribution in [0.15, 0.2) is 48.5 Å². The third kappa shape index (κ3) is 5.98. The van der Waals surface area contributed by atoms with Crippen molar-refractivity contribution in [2.45, 2.75) is 32.7 Å². The van der Waals surface area contributed by atoms with Crippen molar-refractivity contribution in [3.63, 3.8) is 0 Å². The largest absolute Gasteiger partial charge is 0.465 e. The number of nitrogens with two attached hydrogens (primary N) is 1. The third-order valence-corrected chi connectivity index (χ3v) is 5.37. The number of carbonyl (C=O) groups is 3. The molecular weight excluding hydrogens is 420 g/mol. The second-order valence-electron chi connectivity index (χ2n) is 8.66. The lowest BCUT2D eigenvalue weighted by Gasteiger charge is -2.26. The van der Waals surface area contributed by atoms with E-state index in [4.69, 9.17) is 10.5 Å². The molecule has 2 amide bonds. The Morgan fingerprint density at radius 3 is 2.48 bits per heavy atom. The van der Waals surface area contributed by atoms with E-state index in [1.165, 1.54) is 7.11 Å². The molecule has 0 spiro atoms. The molecule has 0 fully saturated rings. The van der Waals surface area contributed by atoms with Crippen LogP contribution in [0.3, 0.4) is 0 Å². The fourth-order valence-electron chi connectivity index (χ4n) is 3.54. The molecule has 0 radical (unpaired) electrons. The second-order valence-corrected chi connectivity index (χ2v) is 8.66. The number of hydrogen-bond acceptors (Lipinski definition) is 6. The lowest BCUT2D eigenvalue weighted by Crippen LogP contribution is -2.39. The van der Waals surface area contributed by atoms with Gasteiger partial charge in [0, 0.05) is 53.8 Å². The first-order chi connectivity index (χ1) is 15.6. The lowest BCUT2D eigenvalue weighted by molar-refractivity contribution is -0.116. The van der Waals surface area contributed by atoms with E-state index in [1.807, 2.05) is 38.1 Å². The van der Waals surface area contributed by atoms with Crippen molar-refractivity contribution in [1.29, 1.82) is 0 Å². The van der Waals surface area contributed by atoms with E-state index in [0.29, 0.717) is 36.3 Å². The molecule has 0 unspecified atom stereocenters. The summed E-state index contributed by atoms with van der Waals surface area (Å²) in [5.41, 5.74) is 9.62. The van der Waals surface area contributed by atoms with Crippen LogP contribution in [0.25, 0.3) is 5.57 Å². The zero-order valence-electron chi connectivity index (χ0n) is 19.4. The number of amides is 2. The second kappa shape index (κ2) is 9.87. The van der Waals surface area contributed by atoms with Gasteiger partial charge in [-0.05, 0) is 56.7 Å². The number of carbonyl (C=O) groups excluding carboxylic acids is 3. The van der Waals surface area contributed by atoms with Crippen molar-refractivity contribution < 1.29 is 19.1 Å². The van der Waals surface area contributed by atoms with Gasteiger partial charge in [-0.15, -0.1) is 0 Å². The molecule has 174 valence electrons. The minimum absolute atomic E-state index is 0.0361. The highest BCUT2D eigenvalue weighted by atomic mass is 16.5. The summed E-state index contributed by atoms with van der Waals surface area (Å²) >= 11 is 0. The summed E-state index contributed by atoms with van der Waals surface area (Å²) in [4.78, 5) is 37.9. The summed E-state index contributed by atoms with van der Waals surface area (Å²) in [6.45, 7) is 6.39. The van der Waals surface area contributed by atoms with Crippen LogP contribution in [0.4, 0.5) is 17.1 Å². The summed E-state index contributed by atoms with van der Waals surface area (Å²) in [7, 11) is 1.32. The van der Waals surface area contributed by atoms with Gasteiger partial charge in [0.2, 0.25) is 5.91 Å². The zero-order chi connectivity index (χ0) is 24.2. The van der Waals surface area contributed by atoms with E-state index in [0.717, 1.165) is 16.9 Å². The Balaban J connectivity index is 1.66. The van der Waals surface area contributed by atoms with Gasteiger partial charge in [0.1, 0.15) is 0 Å². The number of ether oxygens (including phenoxy) is 1. The summed E-state index contributed by atoms with van der Waals surface area (Å²) in [5.74, 6) is -0.709. The van der Waals surface area contributed by atoms with Gasteiger partial charge < -0.3 is 26.0 Å². The molecule has 0 bridgehead atoms. The molecule has 2 aromatic carbocycles. The van der Waals surface area contributed by atoms with E-state index in [1.54, 1.807) is 36.1 Å². The first kappa shape index (κ1) is 24.0. The maximum absolute atomic E-state index is 12.4. The number of rotatable bonds is 8. The zero-order valence-corrected chi connectivity index (χ0v) is 19.4. The fourth-order valence-corrected chi connectivity index (χ4v) is 3.54. The number of nitrogens with zero attached hydrogens (tertiary/aromatic N) is 1. The lowest BCUT2D eigenvalue weighted by atomic mass is 10.0. The summed E-state index contributed by atoms with van der Waals surface area (Å²) in [6, 6.07) is 12.5. The number of nitrogens with one attached hydrogen (secondary N) is 2. The van der Waals surface area contributed by atoms with Crippen LogP contribution in [0, 0.1) is 0 Å². The van der Waals surface area contributed by atoms with Crippen molar-refractivity contribution in [2.24, 2.45) is 5.73 Å². The predicted octanol–water partition coefficient (Wildman–Crippen LogP) is 3.40. The Hall–Kier alpha value is -3.65. The minimum atomic E-state index is -0.454. The molecule has 0 saturated carbocycles. The van der Waals surface area contributed by atoms with Crippen LogP contribution in [0.1, 0.15) is 43.1 Å². The molecular formula is C25H30N4O4. The molecule has 8 heteroatoms. The Morgan fingerprint density at radius 1 is 1.18 bits per heavy atom. The summed E-state index contributed by atoms with van der Waals surface area (Å²) < 4.78 is 4.72. The van der Waals surface area contributed by atoms with Gasteiger partial charge in [-0.25, -0.2) is 4.79 Å². The Kier molecular flexibility index (Phi) is 7.18. The van der Waals surface area contributed by atoms with Crippen LogP contribution >= 0.6 is 0 Å². The standard InChI is InChI=1S/C25H30N4O4/c1-16(30)29(14-12-25(2,3)26)19-8-6-18(7-9-19)27-13-11-21-20-10-5-17(24(32)33-4)15-22(20)28-23(21)31/h5-11,15,27H,12-14,26H2,1-4H3,(H,28,31). The minimum Gasteiger partial charge on any atom is -0.465 e. The van der Waals surface area contributed by atoms with Crippen molar-refractivity contribution in [3.05, 3.63) is 59.7 Å². The van der Waals surface area contributed by atoms with Crippen LogP contribution < -0.4 is 21.3 Å². The normalized spacial score (nSPS) is 14.0. The Bertz CT molecular complexity index is 1080. The summed E-state index contributed by atoms with van der Waals surface area (Å²) in [6.07, 6.45) is 2.49. The number of anilines is 3. The Labute approximate surface area is 193 Å². The molecule has 1 aliphatic rings. The first-order valence-electron chi connectivity index (χ1n) is 10.7. The van der Waals surface area contributed by atoms with E-state index in [-0.39, 0.29) is 17.4 Å². The van der Waals surface area contributed by atoms with E-state index < -0.39 is 5.97 Å². The summed E-state index contributed by atoms with van der Waals surface area (Å²) in [5, 5.41) is 6.04. The molecule has 33 heavy (non-hydrogen) atoms. The number of fused-ring (bicyclic) bond motifs is 1. The SMILES string of the molecule is COC(=O)c1ccc2c(c1)NC(=O)C2=CCNc1ccc(N(CCC(C)(C)N)C(C)=O)cc1. The van der Waals surface area contributed by atoms with Crippen LogP contribution in [-0.2, 0) is 14.3 Å². The highest BCUT2D eigenvalue weighted by Crippen LogP contribution is 2.32. The van der Waals surface area contributed by atoms with Crippen molar-refractivity contribution in [1.82, 2.24) is 0 Å². The maximum atomic E-state index is 12.4. The van der Waals surface area contributed by atoms with Gasteiger partial charge >= 0.3 is 5.97 Å². The third-order valence-electron chi connectivity index (χ3n) is 5.37. The molecule has 0 saturated heterocycles. The van der Waals surface area contributed by atoms with Crippen LogP contribution in [-0.4, -0.2) is 43.5 Å². The first-order valence-corrected chi connectivity index (χ1v) is 10.7. The van der Waals surface area contributed by atoms with Crippen molar-refractivity contribution in [2.75, 3.05) is 35.7 Å². The molecule has 8 nitrogen and oxygen atoms in total. The van der Waals surface area contributed by atoms with Gasteiger partial charge in [-0.1, -0.05) is 12.1 Å². The number of esters is 1. The van der Waals surface area contributed by atoms with E-state index in [2.05, 4.69) is 10.6 Å². The smallest absolute Gasteiger partial charge is 0.337 e. The van der Waals surface area contributed by atoms with Crippen molar-refractivity contribution in [3.8, 4) is 0 Å². The van der Waals surface area contributed by atoms with Gasteiger partial charge in [-0.3, -0.25) is 9.59 Å². The van der Waals surface area contributed by atoms with Gasteiger partial charge in [-0.2, -0.15) is 0 Å². The fraction of sp³-hybridized carbons (Fsp3) is 0.320. The highest BCUT2D eigenvalue weighted by molar-refractivity contribution is 6.31. The van der Waals surface area contributed by atoms with Crippen molar-refractivity contribution >= 4 is 40.4 Å². The molecule has 1 heterocycles. The Morgan fingerprint density at radius 2 is 1.88 bits per heavy atom. The molecule has 0 aliphatic carbocycles. The predicted molar refractivity (Wildman–Crippen MR) is 130 cm³/mol. The number of methoxy groups -OCH3 is 1. The van der Waals surface area contributed by atoms with Crippen LogP contribution in [0.2, 0.25) is 0 Å². The van der Waals surface area contributed by atoms with Crippen LogP contribution in [0.5, 0.6) is 0 Å². The van der Waals surface area contributed by atoms with Gasteiger partial charge in [0.15, 0.2) is 0 Å².